The molecule has 2 aromatic rings. The first-order chi connectivity index (χ1) is 18.6. The molecule has 2 aromatic carbocycles. The number of hydrogen-bond acceptors (Lipinski definition) is 8. The molecule has 0 spiro atoms. The van der Waals surface area contributed by atoms with Gasteiger partial charge >= 0.3 is 6.18 Å². The van der Waals surface area contributed by atoms with Gasteiger partial charge in [-0.25, -0.2) is 25.3 Å². The molecule has 1 heterocycles. The van der Waals surface area contributed by atoms with Crippen LogP contribution in [0, 0.1) is 5.92 Å². The molecule has 1 saturated carbocycles. The Morgan fingerprint density at radius 1 is 0.905 bits per heavy atom. The van der Waals surface area contributed by atoms with Crippen molar-refractivity contribution in [2.75, 3.05) is 25.6 Å². The molecule has 42 heavy (non-hydrogen) atoms. The average molecular weight is 654 g/mol. The Bertz CT molecular complexity index is 1660. The second kappa shape index (κ2) is 11.1. The fraction of sp³-hybridized carbons (Fsp3) is 0.519. The highest BCUT2D eigenvalue weighted by Gasteiger charge is 2.47. The zero-order valence-corrected chi connectivity index (χ0v) is 25.2. The maximum absolute atomic E-state index is 13.8. The normalized spacial score (nSPS) is 18.5. The van der Waals surface area contributed by atoms with Crippen molar-refractivity contribution in [3.05, 3.63) is 47.5 Å². The Morgan fingerprint density at radius 3 is 1.93 bits per heavy atom. The molecule has 0 unspecified atom stereocenters. The van der Waals surface area contributed by atoms with Crippen molar-refractivity contribution in [3.63, 3.8) is 0 Å². The minimum atomic E-state index is -4.75. The molecule has 15 heteroatoms. The molecule has 1 aliphatic carbocycles. The smallest absolute Gasteiger partial charge is 0.416 e. The van der Waals surface area contributed by atoms with Crippen molar-refractivity contribution in [3.8, 4) is 5.75 Å². The number of likely N-dealkylation sites (tertiary alicyclic amines) is 1. The van der Waals surface area contributed by atoms with Gasteiger partial charge in [0.05, 0.1) is 36.7 Å². The van der Waals surface area contributed by atoms with Crippen LogP contribution in [0.4, 0.5) is 13.2 Å². The van der Waals surface area contributed by atoms with E-state index in [0.717, 1.165) is 55.7 Å². The molecular weight excluding hydrogens is 619 g/mol. The van der Waals surface area contributed by atoms with E-state index in [1.165, 1.54) is 18.7 Å². The van der Waals surface area contributed by atoms with Crippen molar-refractivity contribution in [1.82, 2.24) is 4.90 Å². The van der Waals surface area contributed by atoms with Gasteiger partial charge in [-0.3, -0.25) is 4.79 Å². The monoisotopic (exact) mass is 653 g/mol. The third kappa shape index (κ3) is 6.62. The fourth-order valence-electron chi connectivity index (χ4n) is 4.84. The second-order valence-corrected chi connectivity index (χ2v) is 17.5. The van der Waals surface area contributed by atoms with Gasteiger partial charge in [0.25, 0.3) is 5.91 Å². The van der Waals surface area contributed by atoms with Crippen molar-refractivity contribution in [2.24, 2.45) is 5.92 Å². The lowest BCUT2D eigenvalue weighted by molar-refractivity contribution is -0.137. The number of alkyl halides is 3. The summed E-state index contributed by atoms with van der Waals surface area (Å²) in [6, 6.07) is 5.65. The van der Waals surface area contributed by atoms with E-state index in [2.05, 4.69) is 0 Å². The summed E-state index contributed by atoms with van der Waals surface area (Å²) < 4.78 is 122. The third-order valence-electron chi connectivity index (χ3n) is 7.50. The summed E-state index contributed by atoms with van der Waals surface area (Å²) in [5.74, 6) is -1.68. The summed E-state index contributed by atoms with van der Waals surface area (Å²) in [7, 11) is -12.6. The summed E-state index contributed by atoms with van der Waals surface area (Å²) in [4.78, 5) is 13.4. The SMILES string of the molecule is C.CC(C)([C@@H]1CCN(C(=O)c2c(S(C)(=O)=O)cc(OC3CC3)cc2S(C)(=O)=O)C1)S(=O)(=O)c1cccc(C(F)(F)F)c1. The first-order valence-corrected chi connectivity index (χ1v) is 17.9. The summed E-state index contributed by atoms with van der Waals surface area (Å²) in [6.07, 6.45) is -1.69. The van der Waals surface area contributed by atoms with Gasteiger partial charge in [-0.2, -0.15) is 13.2 Å². The molecule has 0 bridgehead atoms. The molecule has 2 fully saturated rings. The minimum absolute atomic E-state index is 0. The summed E-state index contributed by atoms with van der Waals surface area (Å²) in [6.45, 7) is 2.48. The van der Waals surface area contributed by atoms with Gasteiger partial charge in [-0.1, -0.05) is 13.5 Å². The maximum atomic E-state index is 13.8. The molecule has 1 aliphatic heterocycles. The van der Waals surface area contributed by atoms with Crippen LogP contribution in [0.3, 0.4) is 0 Å². The van der Waals surface area contributed by atoms with Crippen LogP contribution in [0.1, 0.15) is 56.5 Å². The number of sulfone groups is 3. The molecule has 1 saturated heterocycles. The number of ether oxygens (including phenoxy) is 1. The van der Waals surface area contributed by atoms with Crippen LogP contribution in [0.2, 0.25) is 0 Å². The predicted octanol–water partition coefficient (Wildman–Crippen LogP) is 4.40. The van der Waals surface area contributed by atoms with E-state index in [1.807, 2.05) is 0 Å². The highest BCUT2D eigenvalue weighted by molar-refractivity contribution is 7.93. The second-order valence-electron chi connectivity index (χ2n) is 11.0. The van der Waals surface area contributed by atoms with Crippen molar-refractivity contribution in [1.29, 1.82) is 0 Å². The number of rotatable bonds is 8. The van der Waals surface area contributed by atoms with Crippen molar-refractivity contribution in [2.45, 2.75) is 72.3 Å². The summed E-state index contributed by atoms with van der Waals surface area (Å²) >= 11 is 0. The molecular formula is C27H34F3NO8S3. The van der Waals surface area contributed by atoms with Gasteiger partial charge in [-0.15, -0.1) is 0 Å². The summed E-state index contributed by atoms with van der Waals surface area (Å²) in [5, 5.41) is 0. The number of hydrogen-bond donors (Lipinski definition) is 0. The zero-order chi connectivity index (χ0) is 30.8. The van der Waals surface area contributed by atoms with Gasteiger partial charge in [0, 0.05) is 25.6 Å². The molecule has 0 aromatic heterocycles. The Balaban J connectivity index is 0.00000484. The largest absolute Gasteiger partial charge is 0.490 e. The first-order valence-electron chi connectivity index (χ1n) is 12.6. The average Bonchev–Trinajstić information content (AvgIpc) is 3.51. The Labute approximate surface area is 244 Å². The fourth-order valence-corrected chi connectivity index (χ4v) is 8.48. The number of carbonyl (C=O) groups is 1. The Kier molecular flexibility index (Phi) is 8.96. The molecule has 0 radical (unpaired) electrons. The number of halogens is 3. The molecule has 4 rings (SSSR count). The highest BCUT2D eigenvalue weighted by Crippen LogP contribution is 2.41. The standard InChI is InChI=1S/C26H30F3NO8S3.CH4/c1-25(2,41(36,37)20-7-5-6-16(12-20)26(27,28)29)17-10-11-30(15-17)24(31)23-21(39(3,32)33)13-19(38-18-8-9-18)14-22(23)40(4,34)35;/h5-7,12-14,17-18H,8-11,15H2,1-4H3;1H4/t17-;/m1./s1. The minimum Gasteiger partial charge on any atom is -0.490 e. The van der Waals surface area contributed by atoms with E-state index in [0.29, 0.717) is 6.07 Å². The number of nitrogens with zero attached hydrogens (tertiary/aromatic N) is 1. The van der Waals surface area contributed by atoms with Crippen molar-refractivity contribution >= 4 is 35.4 Å². The maximum Gasteiger partial charge on any atom is 0.416 e. The third-order valence-corrected chi connectivity index (χ3v) is 12.3. The summed E-state index contributed by atoms with van der Waals surface area (Å²) in [5.41, 5.74) is -1.68. The van der Waals surface area contributed by atoms with Crippen LogP contribution in [0.15, 0.2) is 51.1 Å². The van der Waals surface area contributed by atoms with E-state index in [9.17, 15) is 43.2 Å². The van der Waals surface area contributed by atoms with Gasteiger partial charge in [-0.05, 0) is 69.4 Å². The molecule has 2 aliphatic rings. The van der Waals surface area contributed by atoms with Crippen LogP contribution in [0.5, 0.6) is 5.75 Å². The lowest BCUT2D eigenvalue weighted by Gasteiger charge is -2.31. The Morgan fingerprint density at radius 2 is 1.45 bits per heavy atom. The van der Waals surface area contributed by atoms with Gasteiger partial charge in [0.2, 0.25) is 0 Å². The quantitative estimate of drug-likeness (QED) is 0.410. The Hall–Kier alpha value is -2.65. The van der Waals surface area contributed by atoms with Gasteiger partial charge < -0.3 is 9.64 Å². The van der Waals surface area contributed by atoms with Crippen LogP contribution < -0.4 is 4.74 Å². The molecule has 9 nitrogen and oxygen atoms in total. The number of benzene rings is 2. The molecule has 1 amide bonds. The molecule has 1 atom stereocenters. The van der Waals surface area contributed by atoms with Crippen LogP contribution in [0.25, 0.3) is 0 Å². The predicted molar refractivity (Wildman–Crippen MR) is 150 cm³/mol. The highest BCUT2D eigenvalue weighted by atomic mass is 32.2. The number of amides is 1. The van der Waals surface area contributed by atoms with Crippen molar-refractivity contribution < 1.29 is 48.0 Å². The van der Waals surface area contributed by atoms with Crippen LogP contribution >= 0.6 is 0 Å². The van der Waals surface area contributed by atoms with Gasteiger partial charge in [0.15, 0.2) is 29.5 Å². The van der Waals surface area contributed by atoms with E-state index < -0.39 is 78.1 Å². The van der Waals surface area contributed by atoms with Crippen LogP contribution in [-0.2, 0) is 35.7 Å². The van der Waals surface area contributed by atoms with E-state index in [1.54, 1.807) is 0 Å². The van der Waals surface area contributed by atoms with E-state index in [-0.39, 0.29) is 38.8 Å². The topological polar surface area (TPSA) is 132 Å². The van der Waals surface area contributed by atoms with Gasteiger partial charge in [0.1, 0.15) is 5.75 Å². The van der Waals surface area contributed by atoms with Crippen LogP contribution in [-0.4, -0.2) is 72.5 Å². The zero-order valence-electron chi connectivity index (χ0n) is 22.7. The lowest BCUT2D eigenvalue weighted by atomic mass is 9.94. The van der Waals surface area contributed by atoms with E-state index >= 15 is 0 Å². The molecule has 0 N–H and O–H groups in total. The van der Waals surface area contributed by atoms with E-state index in [4.69, 9.17) is 4.74 Å². The lowest BCUT2D eigenvalue weighted by Crippen LogP contribution is -2.42. The molecule has 234 valence electrons. The number of carbonyl (C=O) groups excluding carboxylic acids is 1. The first kappa shape index (κ1) is 33.8.